The molecule has 1 aliphatic heterocycles. The lowest BCUT2D eigenvalue weighted by molar-refractivity contribution is -0.118. The Kier molecular flexibility index (Phi) is 1.84. The summed E-state index contributed by atoms with van der Waals surface area (Å²) >= 11 is 0. The van der Waals surface area contributed by atoms with Gasteiger partial charge in [-0.3, -0.25) is 4.79 Å². The van der Waals surface area contributed by atoms with Gasteiger partial charge in [-0.15, -0.1) is 0 Å². The fraction of sp³-hybridized carbons (Fsp3) is 0.300. The number of nitrogens with one attached hydrogen (secondary N) is 1. The van der Waals surface area contributed by atoms with E-state index in [1.54, 1.807) is 30.1 Å². The van der Waals surface area contributed by atoms with Crippen molar-refractivity contribution in [3.63, 3.8) is 0 Å². The number of amides is 1. The molecule has 0 radical (unpaired) electrons. The number of rotatable bonds is 0. The number of fused-ring (bicyclic) bond motifs is 1. The average Bonchev–Trinajstić information content (AvgIpc) is 2.16. The Morgan fingerprint density at radius 1 is 1.50 bits per heavy atom. The second-order valence-corrected chi connectivity index (χ2v) is 3.46. The molecule has 2 rings (SSSR count). The third kappa shape index (κ3) is 1.19. The molecule has 0 aliphatic carbocycles. The summed E-state index contributed by atoms with van der Waals surface area (Å²) < 4.78 is 0. The minimum atomic E-state index is -0.211. The van der Waals surface area contributed by atoms with Gasteiger partial charge >= 0.3 is 0 Å². The molecule has 0 fully saturated rings. The lowest BCUT2D eigenvalue weighted by atomic mass is 10.1. The van der Waals surface area contributed by atoms with E-state index in [4.69, 9.17) is 0 Å². The lowest BCUT2D eigenvalue weighted by Gasteiger charge is -2.31. The molecule has 1 aromatic rings. The fourth-order valence-corrected chi connectivity index (χ4v) is 1.62. The topological polar surface area (TPSA) is 52.6 Å². The van der Waals surface area contributed by atoms with Crippen molar-refractivity contribution in [3.8, 4) is 5.75 Å². The van der Waals surface area contributed by atoms with E-state index >= 15 is 0 Å². The second-order valence-electron chi connectivity index (χ2n) is 3.46. The van der Waals surface area contributed by atoms with Crippen molar-refractivity contribution in [1.29, 1.82) is 0 Å². The van der Waals surface area contributed by atoms with Gasteiger partial charge in [0.1, 0.15) is 11.8 Å². The van der Waals surface area contributed by atoms with Gasteiger partial charge in [0.05, 0.1) is 11.4 Å². The lowest BCUT2D eigenvalue weighted by Crippen LogP contribution is -2.43. The molecule has 14 heavy (non-hydrogen) atoms. The highest BCUT2D eigenvalue weighted by Crippen LogP contribution is 2.33. The first-order chi connectivity index (χ1) is 6.59. The van der Waals surface area contributed by atoms with Gasteiger partial charge in [-0.1, -0.05) is 0 Å². The first kappa shape index (κ1) is 8.87. The van der Waals surface area contributed by atoms with Crippen molar-refractivity contribution >= 4 is 17.3 Å². The molecular formula is C10H12N2O2. The number of aromatic hydroxyl groups is 1. The van der Waals surface area contributed by atoms with Crippen molar-refractivity contribution in [3.05, 3.63) is 18.2 Å². The first-order valence-corrected chi connectivity index (χ1v) is 4.46. The van der Waals surface area contributed by atoms with E-state index in [0.29, 0.717) is 5.69 Å². The van der Waals surface area contributed by atoms with Gasteiger partial charge < -0.3 is 15.3 Å². The quantitative estimate of drug-likeness (QED) is 0.607. The number of phenols is 1. The third-order valence-corrected chi connectivity index (χ3v) is 2.42. The van der Waals surface area contributed by atoms with E-state index in [1.807, 2.05) is 6.92 Å². The maximum absolute atomic E-state index is 11.6. The van der Waals surface area contributed by atoms with E-state index < -0.39 is 0 Å². The van der Waals surface area contributed by atoms with E-state index in [-0.39, 0.29) is 17.7 Å². The zero-order chi connectivity index (χ0) is 10.3. The monoisotopic (exact) mass is 192 g/mol. The van der Waals surface area contributed by atoms with Crippen LogP contribution in [-0.2, 0) is 4.79 Å². The Bertz CT molecular complexity index is 390. The third-order valence-electron chi connectivity index (χ3n) is 2.42. The van der Waals surface area contributed by atoms with E-state index in [9.17, 15) is 9.90 Å². The molecule has 1 aliphatic rings. The molecule has 74 valence electrons. The Hall–Kier alpha value is -1.71. The van der Waals surface area contributed by atoms with Gasteiger partial charge in [0.2, 0.25) is 5.91 Å². The molecule has 1 unspecified atom stereocenters. The summed E-state index contributed by atoms with van der Waals surface area (Å²) in [5.41, 5.74) is 1.59. The van der Waals surface area contributed by atoms with Gasteiger partial charge in [0.15, 0.2) is 0 Å². The number of hydrogen-bond donors (Lipinski definition) is 2. The highest BCUT2D eigenvalue weighted by Gasteiger charge is 2.26. The van der Waals surface area contributed by atoms with Crippen LogP contribution in [0.5, 0.6) is 5.75 Å². The smallest absolute Gasteiger partial charge is 0.248 e. The Morgan fingerprint density at radius 2 is 2.21 bits per heavy atom. The number of carbonyl (C=O) groups is 1. The van der Waals surface area contributed by atoms with Gasteiger partial charge in [0.25, 0.3) is 0 Å². The largest absolute Gasteiger partial charge is 0.508 e. The van der Waals surface area contributed by atoms with E-state index in [1.165, 1.54) is 0 Å². The van der Waals surface area contributed by atoms with Crippen molar-refractivity contribution in [2.75, 3.05) is 17.3 Å². The number of likely N-dealkylation sites (N-methyl/N-ethyl adjacent to an activating group) is 1. The molecule has 4 heteroatoms. The number of carbonyl (C=O) groups excluding carboxylic acids is 1. The van der Waals surface area contributed by atoms with Crippen LogP contribution in [0.15, 0.2) is 18.2 Å². The predicted molar refractivity (Wildman–Crippen MR) is 54.6 cm³/mol. The Labute approximate surface area is 82.2 Å². The average molecular weight is 192 g/mol. The van der Waals surface area contributed by atoms with Gasteiger partial charge in [-0.25, -0.2) is 0 Å². The molecule has 1 atom stereocenters. The minimum absolute atomic E-state index is 0.00287. The molecular weight excluding hydrogens is 180 g/mol. The summed E-state index contributed by atoms with van der Waals surface area (Å²) in [6.07, 6.45) is 0. The van der Waals surface area contributed by atoms with Crippen LogP contribution in [0.3, 0.4) is 0 Å². The number of nitrogens with zero attached hydrogens (tertiary/aromatic N) is 1. The zero-order valence-corrected chi connectivity index (χ0v) is 8.11. The van der Waals surface area contributed by atoms with Crippen LogP contribution in [0.25, 0.3) is 0 Å². The molecule has 1 aromatic carbocycles. The highest BCUT2D eigenvalue weighted by molar-refractivity contribution is 6.04. The van der Waals surface area contributed by atoms with Crippen molar-refractivity contribution in [2.24, 2.45) is 0 Å². The highest BCUT2D eigenvalue weighted by atomic mass is 16.3. The summed E-state index contributed by atoms with van der Waals surface area (Å²) in [5, 5.41) is 12.4. The molecule has 0 aromatic heterocycles. The first-order valence-electron chi connectivity index (χ1n) is 4.46. The normalized spacial score (nSPS) is 20.3. The maximum Gasteiger partial charge on any atom is 0.248 e. The Morgan fingerprint density at radius 3 is 2.93 bits per heavy atom. The van der Waals surface area contributed by atoms with Gasteiger partial charge in [-0.05, 0) is 19.1 Å². The molecule has 0 saturated heterocycles. The fourth-order valence-electron chi connectivity index (χ4n) is 1.62. The van der Waals surface area contributed by atoms with Crippen LogP contribution in [-0.4, -0.2) is 24.1 Å². The predicted octanol–water partition coefficient (Wildman–Crippen LogP) is 1.17. The zero-order valence-electron chi connectivity index (χ0n) is 8.11. The van der Waals surface area contributed by atoms with Crippen LogP contribution in [0.1, 0.15) is 6.92 Å². The SMILES string of the molecule is CC1Nc2ccc(O)cc2N(C)C1=O. The summed E-state index contributed by atoms with van der Waals surface area (Å²) in [4.78, 5) is 13.1. The van der Waals surface area contributed by atoms with Crippen molar-refractivity contribution < 1.29 is 9.90 Å². The second kappa shape index (κ2) is 2.90. The van der Waals surface area contributed by atoms with Crippen molar-refractivity contribution in [1.82, 2.24) is 0 Å². The molecule has 1 amide bonds. The van der Waals surface area contributed by atoms with E-state index in [0.717, 1.165) is 5.69 Å². The standard InChI is InChI=1S/C10H12N2O2/c1-6-10(14)12(2)9-5-7(13)3-4-8(9)11-6/h3-6,11,13H,1-2H3. The summed E-state index contributed by atoms with van der Waals surface area (Å²) in [6, 6.07) is 4.73. The number of anilines is 2. The van der Waals surface area contributed by atoms with Crippen LogP contribution in [0, 0.1) is 0 Å². The summed E-state index contributed by atoms with van der Waals surface area (Å²) in [6.45, 7) is 1.81. The van der Waals surface area contributed by atoms with Crippen LogP contribution >= 0.6 is 0 Å². The summed E-state index contributed by atoms with van der Waals surface area (Å²) in [7, 11) is 1.71. The summed E-state index contributed by atoms with van der Waals surface area (Å²) in [5.74, 6) is 0.169. The molecule has 0 saturated carbocycles. The number of benzene rings is 1. The van der Waals surface area contributed by atoms with Crippen molar-refractivity contribution in [2.45, 2.75) is 13.0 Å². The number of phenolic OH excluding ortho intramolecular Hbond substituents is 1. The van der Waals surface area contributed by atoms with Gasteiger partial charge in [0, 0.05) is 13.1 Å². The molecule has 4 nitrogen and oxygen atoms in total. The van der Waals surface area contributed by atoms with Gasteiger partial charge in [-0.2, -0.15) is 0 Å². The Balaban J connectivity index is 2.51. The molecule has 0 bridgehead atoms. The molecule has 0 spiro atoms. The molecule has 2 N–H and O–H groups in total. The number of hydrogen-bond acceptors (Lipinski definition) is 3. The van der Waals surface area contributed by atoms with Crippen LogP contribution < -0.4 is 10.2 Å². The van der Waals surface area contributed by atoms with E-state index in [2.05, 4.69) is 5.32 Å². The minimum Gasteiger partial charge on any atom is -0.508 e. The van der Waals surface area contributed by atoms with Crippen LogP contribution in [0.4, 0.5) is 11.4 Å². The van der Waals surface area contributed by atoms with Crippen LogP contribution in [0.2, 0.25) is 0 Å². The maximum atomic E-state index is 11.6. The molecule has 1 heterocycles.